The van der Waals surface area contributed by atoms with E-state index in [1.54, 1.807) is 24.3 Å². The molecule has 0 spiro atoms. The molecule has 1 atom stereocenters. The SMILES string of the molecule is NC1CN(CC(O)CN2C(=O)c3ccccc3C2=O)C1. The van der Waals surface area contributed by atoms with Gasteiger partial charge in [0.25, 0.3) is 11.8 Å². The fourth-order valence-corrected chi connectivity index (χ4v) is 2.73. The highest BCUT2D eigenvalue weighted by Gasteiger charge is 2.36. The molecule has 0 bridgehead atoms. The van der Waals surface area contributed by atoms with Gasteiger partial charge in [-0.1, -0.05) is 12.1 Å². The molecule has 0 aromatic heterocycles. The molecule has 1 aromatic carbocycles. The van der Waals surface area contributed by atoms with Gasteiger partial charge in [-0.2, -0.15) is 0 Å². The number of carbonyl (C=O) groups is 2. The number of carbonyl (C=O) groups excluding carboxylic acids is 2. The van der Waals surface area contributed by atoms with Gasteiger partial charge >= 0.3 is 0 Å². The number of β-amino-alcohol motifs (C(OH)–C–C–N with tert-alkyl or cyclic N) is 1. The molecule has 0 radical (unpaired) electrons. The molecule has 1 unspecified atom stereocenters. The molecular formula is C14H17N3O3. The van der Waals surface area contributed by atoms with Gasteiger partial charge in [0.15, 0.2) is 0 Å². The lowest BCUT2D eigenvalue weighted by Crippen LogP contribution is -2.58. The van der Waals surface area contributed by atoms with E-state index < -0.39 is 6.10 Å². The third kappa shape index (κ3) is 2.22. The highest BCUT2D eigenvalue weighted by atomic mass is 16.3. The predicted octanol–water partition coefficient (Wildman–Crippen LogP) is -0.714. The first-order valence-electron chi connectivity index (χ1n) is 6.67. The summed E-state index contributed by atoms with van der Waals surface area (Å²) in [6.07, 6.45) is -0.746. The van der Waals surface area contributed by atoms with Crippen LogP contribution in [-0.4, -0.2) is 65.0 Å². The van der Waals surface area contributed by atoms with E-state index in [0.717, 1.165) is 18.0 Å². The molecule has 6 heteroatoms. The van der Waals surface area contributed by atoms with Gasteiger partial charge in [-0.25, -0.2) is 0 Å². The van der Waals surface area contributed by atoms with Crippen molar-refractivity contribution in [1.82, 2.24) is 9.80 Å². The van der Waals surface area contributed by atoms with E-state index in [2.05, 4.69) is 0 Å². The normalized spacial score (nSPS) is 21.0. The van der Waals surface area contributed by atoms with Crippen LogP contribution in [0.4, 0.5) is 0 Å². The number of hydrogen-bond acceptors (Lipinski definition) is 5. The second-order valence-corrected chi connectivity index (χ2v) is 5.40. The summed E-state index contributed by atoms with van der Waals surface area (Å²) in [5.74, 6) is -0.657. The van der Waals surface area contributed by atoms with Gasteiger partial charge in [-0.15, -0.1) is 0 Å². The van der Waals surface area contributed by atoms with Gasteiger partial charge in [0, 0.05) is 25.7 Å². The van der Waals surface area contributed by atoms with Crippen LogP contribution < -0.4 is 5.73 Å². The minimum atomic E-state index is -0.746. The van der Waals surface area contributed by atoms with E-state index in [4.69, 9.17) is 5.73 Å². The molecule has 106 valence electrons. The molecule has 2 heterocycles. The fourth-order valence-electron chi connectivity index (χ4n) is 2.73. The minimum absolute atomic E-state index is 0.0259. The van der Waals surface area contributed by atoms with Crippen LogP contribution in [0.25, 0.3) is 0 Å². The molecule has 3 rings (SSSR count). The molecule has 6 nitrogen and oxygen atoms in total. The van der Waals surface area contributed by atoms with Crippen molar-refractivity contribution in [3.63, 3.8) is 0 Å². The standard InChI is InChI=1S/C14H17N3O3/c15-9-5-16(6-9)7-10(18)8-17-13(19)11-3-1-2-4-12(11)14(17)20/h1-4,9-10,18H,5-8,15H2. The molecule has 20 heavy (non-hydrogen) atoms. The Morgan fingerprint density at radius 1 is 1.15 bits per heavy atom. The largest absolute Gasteiger partial charge is 0.390 e. The molecule has 0 aliphatic carbocycles. The Morgan fingerprint density at radius 3 is 2.20 bits per heavy atom. The average molecular weight is 275 g/mol. The van der Waals surface area contributed by atoms with E-state index in [1.807, 2.05) is 4.90 Å². The minimum Gasteiger partial charge on any atom is -0.390 e. The summed E-state index contributed by atoms with van der Waals surface area (Å²) in [6.45, 7) is 1.96. The lowest BCUT2D eigenvalue weighted by Gasteiger charge is -2.38. The number of aliphatic hydroxyl groups is 1. The third-order valence-corrected chi connectivity index (χ3v) is 3.73. The molecular weight excluding hydrogens is 258 g/mol. The number of aliphatic hydroxyl groups excluding tert-OH is 1. The Bertz CT molecular complexity index is 519. The summed E-state index contributed by atoms with van der Waals surface area (Å²) in [5.41, 5.74) is 6.49. The van der Waals surface area contributed by atoms with Crippen LogP contribution in [-0.2, 0) is 0 Å². The second-order valence-electron chi connectivity index (χ2n) is 5.40. The first kappa shape index (κ1) is 13.2. The zero-order valence-electron chi connectivity index (χ0n) is 11.0. The predicted molar refractivity (Wildman–Crippen MR) is 72.2 cm³/mol. The Balaban J connectivity index is 1.64. The van der Waals surface area contributed by atoms with E-state index in [1.165, 1.54) is 0 Å². The van der Waals surface area contributed by atoms with Crippen LogP contribution >= 0.6 is 0 Å². The van der Waals surface area contributed by atoms with E-state index in [9.17, 15) is 14.7 Å². The van der Waals surface area contributed by atoms with Crippen LogP contribution in [0, 0.1) is 0 Å². The number of nitrogens with zero attached hydrogens (tertiary/aromatic N) is 2. The van der Waals surface area contributed by atoms with Crippen molar-refractivity contribution in [3.8, 4) is 0 Å². The summed E-state index contributed by atoms with van der Waals surface area (Å²) in [6, 6.07) is 6.89. The Kier molecular flexibility index (Phi) is 3.29. The van der Waals surface area contributed by atoms with Crippen molar-refractivity contribution in [2.24, 2.45) is 5.73 Å². The van der Waals surface area contributed by atoms with Crippen LogP contribution in [0.2, 0.25) is 0 Å². The molecule has 1 saturated heterocycles. The molecule has 1 aromatic rings. The van der Waals surface area contributed by atoms with Gasteiger partial charge in [0.1, 0.15) is 0 Å². The van der Waals surface area contributed by atoms with Crippen molar-refractivity contribution in [2.45, 2.75) is 12.1 Å². The van der Waals surface area contributed by atoms with E-state index in [-0.39, 0.29) is 24.4 Å². The average Bonchev–Trinajstić information content (AvgIpc) is 2.63. The van der Waals surface area contributed by atoms with Crippen LogP contribution in [0.15, 0.2) is 24.3 Å². The summed E-state index contributed by atoms with van der Waals surface area (Å²) in [4.78, 5) is 27.4. The molecule has 2 amide bonds. The van der Waals surface area contributed by atoms with Crippen molar-refractivity contribution >= 4 is 11.8 Å². The van der Waals surface area contributed by atoms with Crippen molar-refractivity contribution in [1.29, 1.82) is 0 Å². The van der Waals surface area contributed by atoms with Gasteiger partial charge in [0.05, 0.1) is 23.8 Å². The maximum absolute atomic E-state index is 12.1. The Labute approximate surface area is 116 Å². The number of amides is 2. The Hall–Kier alpha value is -1.76. The number of imide groups is 1. The summed E-state index contributed by atoms with van der Waals surface area (Å²) in [7, 11) is 0. The van der Waals surface area contributed by atoms with Gasteiger partial charge in [-0.3, -0.25) is 19.4 Å². The van der Waals surface area contributed by atoms with Crippen LogP contribution in [0.5, 0.6) is 0 Å². The van der Waals surface area contributed by atoms with Gasteiger partial charge < -0.3 is 10.8 Å². The zero-order chi connectivity index (χ0) is 14.3. The van der Waals surface area contributed by atoms with Crippen LogP contribution in [0.1, 0.15) is 20.7 Å². The molecule has 3 N–H and O–H groups in total. The van der Waals surface area contributed by atoms with Crippen LogP contribution in [0.3, 0.4) is 0 Å². The highest BCUT2D eigenvalue weighted by Crippen LogP contribution is 2.22. The first-order chi connectivity index (χ1) is 9.56. The Morgan fingerprint density at radius 2 is 1.70 bits per heavy atom. The molecule has 0 saturated carbocycles. The lowest BCUT2D eigenvalue weighted by molar-refractivity contribution is 0.0358. The van der Waals surface area contributed by atoms with E-state index in [0.29, 0.717) is 17.7 Å². The number of fused-ring (bicyclic) bond motifs is 1. The van der Waals surface area contributed by atoms with Gasteiger partial charge in [0.2, 0.25) is 0 Å². The summed E-state index contributed by atoms with van der Waals surface area (Å²) >= 11 is 0. The second kappa shape index (κ2) is 4.97. The summed E-state index contributed by atoms with van der Waals surface area (Å²) in [5, 5.41) is 10.0. The molecule has 2 aliphatic rings. The van der Waals surface area contributed by atoms with E-state index >= 15 is 0 Å². The monoisotopic (exact) mass is 275 g/mol. The van der Waals surface area contributed by atoms with Crippen molar-refractivity contribution in [3.05, 3.63) is 35.4 Å². The zero-order valence-corrected chi connectivity index (χ0v) is 11.0. The number of likely N-dealkylation sites (tertiary alicyclic amines) is 1. The summed E-state index contributed by atoms with van der Waals surface area (Å²) < 4.78 is 0. The first-order valence-corrected chi connectivity index (χ1v) is 6.67. The fraction of sp³-hybridized carbons (Fsp3) is 0.429. The highest BCUT2D eigenvalue weighted by molar-refractivity contribution is 6.21. The quantitative estimate of drug-likeness (QED) is 0.709. The maximum atomic E-state index is 12.1. The van der Waals surface area contributed by atoms with Crippen molar-refractivity contribution in [2.75, 3.05) is 26.2 Å². The van der Waals surface area contributed by atoms with Gasteiger partial charge in [-0.05, 0) is 12.1 Å². The molecule has 1 fully saturated rings. The molecule has 2 aliphatic heterocycles. The smallest absolute Gasteiger partial charge is 0.261 e. The number of hydrogen-bond donors (Lipinski definition) is 2. The number of benzene rings is 1. The maximum Gasteiger partial charge on any atom is 0.261 e. The topological polar surface area (TPSA) is 86.9 Å². The lowest BCUT2D eigenvalue weighted by atomic mass is 10.1. The number of rotatable bonds is 4. The third-order valence-electron chi connectivity index (χ3n) is 3.73. The number of nitrogens with two attached hydrogens (primary N) is 1. The van der Waals surface area contributed by atoms with Crippen molar-refractivity contribution < 1.29 is 14.7 Å².